The molecule has 8 nitrogen and oxygen atoms in total. The minimum absolute atomic E-state index is 0.0179. The Hall–Kier alpha value is -4.33. The first-order valence-electron chi connectivity index (χ1n) is 11.4. The van der Waals surface area contributed by atoms with Crippen LogP contribution >= 0.6 is 0 Å². The summed E-state index contributed by atoms with van der Waals surface area (Å²) in [6.45, 7) is 3.17. The van der Waals surface area contributed by atoms with Gasteiger partial charge in [0.05, 0.1) is 11.9 Å². The van der Waals surface area contributed by atoms with Gasteiger partial charge in [-0.05, 0) is 68.3 Å². The molecule has 8 heteroatoms. The van der Waals surface area contributed by atoms with E-state index in [0.29, 0.717) is 30.3 Å². The van der Waals surface area contributed by atoms with Crippen molar-refractivity contribution in [3.05, 3.63) is 84.6 Å². The normalized spacial score (nSPS) is 14.0. The van der Waals surface area contributed by atoms with Gasteiger partial charge in [0.1, 0.15) is 22.8 Å². The zero-order valence-electron chi connectivity index (χ0n) is 19.4. The largest absolute Gasteiger partial charge is 0.477 e. The highest BCUT2D eigenvalue weighted by Crippen LogP contribution is 2.30. The topological polar surface area (TPSA) is 101 Å². The number of carboxylic acid groups (broad SMARTS) is 1. The Bertz CT molecular complexity index is 1190. The molecule has 0 aliphatic carbocycles. The molecule has 0 bridgehead atoms. The average molecular weight is 474 g/mol. The number of carbonyl (C=O) groups is 2. The fraction of sp³-hybridized carbons (Fsp3) is 0.222. The second-order valence-corrected chi connectivity index (χ2v) is 8.11. The molecule has 3 aromatic rings. The van der Waals surface area contributed by atoms with Crippen LogP contribution in [0.1, 0.15) is 30.1 Å². The van der Waals surface area contributed by atoms with E-state index in [0.717, 1.165) is 18.6 Å². The summed E-state index contributed by atoms with van der Waals surface area (Å²) in [5.74, 6) is 0.609. The summed E-state index contributed by atoms with van der Waals surface area (Å²) < 4.78 is 11.6. The van der Waals surface area contributed by atoms with Gasteiger partial charge in [0.2, 0.25) is 11.8 Å². The quantitative estimate of drug-likeness (QED) is 0.443. The Morgan fingerprint density at radius 3 is 2.26 bits per heavy atom. The Morgan fingerprint density at radius 2 is 1.63 bits per heavy atom. The molecule has 0 atom stereocenters. The van der Waals surface area contributed by atoms with Crippen LogP contribution < -0.4 is 19.7 Å². The van der Waals surface area contributed by atoms with E-state index in [9.17, 15) is 14.7 Å². The van der Waals surface area contributed by atoms with Crippen LogP contribution in [0.15, 0.2) is 79.0 Å². The van der Waals surface area contributed by atoms with Gasteiger partial charge in [-0.3, -0.25) is 4.79 Å². The van der Waals surface area contributed by atoms with E-state index in [1.54, 1.807) is 49.5 Å². The molecule has 0 saturated carbocycles. The lowest BCUT2D eigenvalue weighted by Crippen LogP contribution is -2.44. The predicted molar refractivity (Wildman–Crippen MR) is 132 cm³/mol. The molecule has 4 rings (SSSR count). The average Bonchev–Trinajstić information content (AvgIpc) is 2.87. The van der Waals surface area contributed by atoms with Gasteiger partial charge in [-0.25, -0.2) is 9.78 Å². The number of nitrogens with zero attached hydrogens (tertiary/aromatic N) is 2. The van der Waals surface area contributed by atoms with Crippen LogP contribution in [0.3, 0.4) is 0 Å². The maximum atomic E-state index is 11.9. The van der Waals surface area contributed by atoms with Crippen LogP contribution in [0.2, 0.25) is 0 Å². The number of carboxylic acids is 1. The van der Waals surface area contributed by atoms with E-state index < -0.39 is 5.97 Å². The number of piperidine rings is 1. The third-order valence-corrected chi connectivity index (χ3v) is 5.61. The highest BCUT2D eigenvalue weighted by Gasteiger charge is 2.23. The van der Waals surface area contributed by atoms with Gasteiger partial charge < -0.3 is 24.8 Å². The van der Waals surface area contributed by atoms with Gasteiger partial charge in [-0.2, -0.15) is 0 Å². The van der Waals surface area contributed by atoms with Crippen molar-refractivity contribution in [2.45, 2.75) is 25.8 Å². The number of carbonyl (C=O) groups excluding carboxylic acids is 1. The zero-order valence-corrected chi connectivity index (χ0v) is 19.4. The number of hydrogen-bond donors (Lipinski definition) is 2. The number of rotatable bonds is 8. The fourth-order valence-corrected chi connectivity index (χ4v) is 3.84. The molecule has 0 spiro atoms. The highest BCUT2D eigenvalue weighted by molar-refractivity contribution is 5.91. The van der Waals surface area contributed by atoms with Crippen LogP contribution in [0.25, 0.3) is 0 Å². The summed E-state index contributed by atoms with van der Waals surface area (Å²) in [5, 5.41) is 12.7. The molecule has 180 valence electrons. The Morgan fingerprint density at radius 1 is 1.00 bits per heavy atom. The summed E-state index contributed by atoms with van der Waals surface area (Å²) in [5.41, 5.74) is 0.690. The molecule has 1 amide bonds. The highest BCUT2D eigenvalue weighted by atomic mass is 16.5. The van der Waals surface area contributed by atoms with Gasteiger partial charge in [0, 0.05) is 19.1 Å². The van der Waals surface area contributed by atoms with Crippen LogP contribution in [0, 0.1) is 0 Å². The summed E-state index contributed by atoms with van der Waals surface area (Å²) in [4.78, 5) is 30.1. The lowest BCUT2D eigenvalue weighted by molar-refractivity contribution is -0.117. The van der Waals surface area contributed by atoms with Crippen LogP contribution in [0.4, 0.5) is 5.69 Å². The molecule has 1 saturated heterocycles. The Labute approximate surface area is 203 Å². The van der Waals surface area contributed by atoms with Crippen molar-refractivity contribution < 1.29 is 24.2 Å². The van der Waals surface area contributed by atoms with Gasteiger partial charge in [0.15, 0.2) is 0 Å². The van der Waals surface area contributed by atoms with Gasteiger partial charge >= 0.3 is 5.97 Å². The molecule has 1 aliphatic heterocycles. The number of benzene rings is 2. The summed E-state index contributed by atoms with van der Waals surface area (Å²) in [6, 6.07) is 18.0. The van der Waals surface area contributed by atoms with Crippen molar-refractivity contribution in [3.63, 3.8) is 0 Å². The maximum Gasteiger partial charge on any atom is 0.341 e. The van der Waals surface area contributed by atoms with E-state index in [-0.39, 0.29) is 23.4 Å². The lowest BCUT2D eigenvalue weighted by atomic mass is 10.0. The molecule has 2 aromatic carbocycles. The van der Waals surface area contributed by atoms with Crippen molar-refractivity contribution in [2.75, 3.05) is 18.0 Å². The number of aromatic nitrogens is 1. The first-order valence-corrected chi connectivity index (χ1v) is 11.4. The molecular weight excluding hydrogens is 446 g/mol. The monoisotopic (exact) mass is 473 g/mol. The number of pyridine rings is 1. The molecule has 2 N–H and O–H groups in total. The number of aromatic carboxylic acids is 1. The minimum Gasteiger partial charge on any atom is -0.477 e. The van der Waals surface area contributed by atoms with Crippen molar-refractivity contribution >= 4 is 17.6 Å². The summed E-state index contributed by atoms with van der Waals surface area (Å²) in [6.07, 6.45) is 6.37. The number of amides is 1. The van der Waals surface area contributed by atoms with E-state index in [2.05, 4.69) is 15.2 Å². The first kappa shape index (κ1) is 23.8. The minimum atomic E-state index is -1.12. The molecule has 1 fully saturated rings. The SMILES string of the molecule is CC=CC(=O)NC1CCN(c2cnc(Oc3ccc(Oc4ccccc4)cc3)c(C(=O)O)c2)CC1. The van der Waals surface area contributed by atoms with E-state index in [4.69, 9.17) is 9.47 Å². The molecule has 2 heterocycles. The molecule has 1 aromatic heterocycles. The second kappa shape index (κ2) is 11.2. The fourth-order valence-electron chi connectivity index (χ4n) is 3.84. The van der Waals surface area contributed by atoms with Crippen molar-refractivity contribution in [3.8, 4) is 23.1 Å². The van der Waals surface area contributed by atoms with Gasteiger partial charge in [0.25, 0.3) is 0 Å². The van der Waals surface area contributed by atoms with Gasteiger partial charge in [-0.15, -0.1) is 0 Å². The molecule has 35 heavy (non-hydrogen) atoms. The Kier molecular flexibility index (Phi) is 7.62. The molecule has 0 unspecified atom stereocenters. The molecular formula is C27H27N3O5. The van der Waals surface area contributed by atoms with Crippen molar-refractivity contribution in [1.82, 2.24) is 10.3 Å². The number of anilines is 1. The van der Waals surface area contributed by atoms with E-state index >= 15 is 0 Å². The van der Waals surface area contributed by atoms with Crippen molar-refractivity contribution in [2.24, 2.45) is 0 Å². The zero-order chi connectivity index (χ0) is 24.6. The Balaban J connectivity index is 1.41. The summed E-state index contributed by atoms with van der Waals surface area (Å²) >= 11 is 0. The van der Waals surface area contributed by atoms with Gasteiger partial charge in [-0.1, -0.05) is 24.3 Å². The van der Waals surface area contributed by atoms with E-state index in [1.807, 2.05) is 30.3 Å². The standard InChI is InChI=1S/C27H27N3O5/c1-2-6-25(31)29-19-13-15-30(16-14-19)20-17-24(27(32)33)26(28-18-20)35-23-11-9-22(10-12-23)34-21-7-4-3-5-8-21/h2-12,17-19H,13-16H2,1H3,(H,29,31)(H,32,33). The molecule has 0 radical (unpaired) electrons. The van der Waals surface area contributed by atoms with Crippen LogP contribution in [-0.2, 0) is 4.79 Å². The number of nitrogens with one attached hydrogen (secondary N) is 1. The number of para-hydroxylation sites is 1. The third kappa shape index (κ3) is 6.38. The van der Waals surface area contributed by atoms with Crippen molar-refractivity contribution in [1.29, 1.82) is 0 Å². The number of hydrogen-bond acceptors (Lipinski definition) is 6. The van der Waals surface area contributed by atoms with E-state index in [1.165, 1.54) is 6.08 Å². The summed E-state index contributed by atoms with van der Waals surface area (Å²) in [7, 11) is 0. The number of ether oxygens (including phenoxy) is 2. The smallest absolute Gasteiger partial charge is 0.341 e. The number of allylic oxidation sites excluding steroid dienone is 1. The molecule has 1 aliphatic rings. The van der Waals surface area contributed by atoms with Crippen LogP contribution in [0.5, 0.6) is 23.1 Å². The third-order valence-electron chi connectivity index (χ3n) is 5.61. The second-order valence-electron chi connectivity index (χ2n) is 8.11. The first-order chi connectivity index (χ1) is 17.0. The van der Waals surface area contributed by atoms with Crippen LogP contribution in [-0.4, -0.2) is 41.1 Å². The predicted octanol–water partition coefficient (Wildman–Crippen LogP) is 5.03. The lowest BCUT2D eigenvalue weighted by Gasteiger charge is -2.33. The maximum absolute atomic E-state index is 11.9.